The fraction of sp³-hybridized carbons (Fsp3) is 0.542. The molecule has 2 aliphatic carbocycles. The predicted octanol–water partition coefficient (Wildman–Crippen LogP) is 4.56. The average molecular weight is 457 g/mol. The molecule has 2 aliphatic rings. The molecule has 32 heavy (non-hydrogen) atoms. The molecule has 8 heteroatoms. The number of nitrogens with zero attached hydrogens (tertiary/aromatic N) is 4. The van der Waals surface area contributed by atoms with E-state index in [0.717, 1.165) is 60.5 Å². The van der Waals surface area contributed by atoms with Crippen LogP contribution in [0.2, 0.25) is 5.02 Å². The van der Waals surface area contributed by atoms with Gasteiger partial charge in [0, 0.05) is 50.0 Å². The number of nitrogens with one attached hydrogen (secondary N) is 2. The third-order valence-corrected chi connectivity index (χ3v) is 7.06. The van der Waals surface area contributed by atoms with Crippen LogP contribution in [0.1, 0.15) is 49.7 Å². The molecule has 0 unspecified atom stereocenters. The number of amides is 2. The zero-order valence-electron chi connectivity index (χ0n) is 19.4. The molecule has 0 atom stereocenters. The summed E-state index contributed by atoms with van der Waals surface area (Å²) in [5.41, 5.74) is 2.02. The van der Waals surface area contributed by atoms with Crippen LogP contribution in [0.15, 0.2) is 30.5 Å². The van der Waals surface area contributed by atoms with Crippen molar-refractivity contribution in [1.29, 1.82) is 0 Å². The van der Waals surface area contributed by atoms with E-state index in [9.17, 15) is 4.79 Å². The Morgan fingerprint density at radius 2 is 1.69 bits per heavy atom. The Hall–Kier alpha value is -2.54. The van der Waals surface area contributed by atoms with Crippen molar-refractivity contribution >= 4 is 29.4 Å². The van der Waals surface area contributed by atoms with E-state index in [0.29, 0.717) is 12.0 Å². The Labute approximate surface area is 195 Å². The van der Waals surface area contributed by atoms with E-state index in [-0.39, 0.29) is 17.6 Å². The lowest BCUT2D eigenvalue weighted by Crippen LogP contribution is -2.49. The number of carbonyl (C=O) groups excluding carboxylic acids is 1. The van der Waals surface area contributed by atoms with Crippen molar-refractivity contribution in [2.24, 2.45) is 0 Å². The van der Waals surface area contributed by atoms with E-state index in [1.807, 2.05) is 68.3 Å². The number of anilines is 2. The summed E-state index contributed by atoms with van der Waals surface area (Å²) in [5.74, 6) is 1.60. The maximum Gasteiger partial charge on any atom is 0.318 e. The fourth-order valence-electron chi connectivity index (χ4n) is 4.68. The molecule has 7 nitrogen and oxygen atoms in total. The summed E-state index contributed by atoms with van der Waals surface area (Å²) in [6, 6.07) is 8.39. The minimum Gasteiger partial charge on any atom is -0.362 e. The van der Waals surface area contributed by atoms with Gasteiger partial charge < -0.3 is 20.4 Å². The highest BCUT2D eigenvalue weighted by atomic mass is 35.5. The van der Waals surface area contributed by atoms with E-state index in [2.05, 4.69) is 20.6 Å². The summed E-state index contributed by atoms with van der Waals surface area (Å²) in [7, 11) is 5.88. The molecule has 4 rings (SSSR count). The first-order valence-electron chi connectivity index (χ1n) is 11.4. The van der Waals surface area contributed by atoms with Crippen LogP contribution in [0.3, 0.4) is 0 Å². The molecule has 1 aromatic heterocycles. The number of benzene rings is 1. The molecular formula is C24H33ClN6O. The topological polar surface area (TPSA) is 73.4 Å². The number of hydrogen-bond acceptors (Lipinski definition) is 5. The molecule has 0 aliphatic heterocycles. The lowest BCUT2D eigenvalue weighted by atomic mass is 9.91. The van der Waals surface area contributed by atoms with Crippen molar-refractivity contribution in [3.05, 3.63) is 46.6 Å². The van der Waals surface area contributed by atoms with Crippen LogP contribution in [0.5, 0.6) is 0 Å². The van der Waals surface area contributed by atoms with Gasteiger partial charge in [0.2, 0.25) is 5.95 Å². The van der Waals surface area contributed by atoms with Gasteiger partial charge in [-0.25, -0.2) is 9.78 Å². The van der Waals surface area contributed by atoms with Crippen LogP contribution in [-0.2, 0) is 5.54 Å². The summed E-state index contributed by atoms with van der Waals surface area (Å²) < 4.78 is 0. The minimum absolute atomic E-state index is 0.00588. The summed E-state index contributed by atoms with van der Waals surface area (Å²) in [4.78, 5) is 26.0. The smallest absolute Gasteiger partial charge is 0.318 e. The summed E-state index contributed by atoms with van der Waals surface area (Å²) in [5, 5.41) is 7.45. The van der Waals surface area contributed by atoms with Crippen LogP contribution in [-0.4, -0.2) is 54.1 Å². The van der Waals surface area contributed by atoms with Gasteiger partial charge in [-0.05, 0) is 63.1 Å². The Bertz CT molecular complexity index is 951. The first kappa shape index (κ1) is 22.6. The largest absolute Gasteiger partial charge is 0.362 e. The average Bonchev–Trinajstić information content (AvgIpc) is 3.58. The maximum atomic E-state index is 13.0. The Kier molecular flexibility index (Phi) is 6.47. The fourth-order valence-corrected chi connectivity index (χ4v) is 4.81. The SMILES string of the molecule is Cc1cnc(NC2CCC(NC(=O)N(C)C3(c4ccc(Cl)cc4)CC3)CC2)nc1N(C)C. The van der Waals surface area contributed by atoms with Crippen LogP contribution < -0.4 is 15.5 Å². The van der Waals surface area contributed by atoms with Gasteiger partial charge in [-0.15, -0.1) is 0 Å². The minimum atomic E-state index is -0.194. The molecule has 172 valence electrons. The van der Waals surface area contributed by atoms with Crippen LogP contribution in [0, 0.1) is 6.92 Å². The maximum absolute atomic E-state index is 13.0. The summed E-state index contributed by atoms with van der Waals surface area (Å²) in [6.45, 7) is 2.02. The lowest BCUT2D eigenvalue weighted by molar-refractivity contribution is 0.175. The first-order chi connectivity index (χ1) is 15.3. The third kappa shape index (κ3) is 4.77. The van der Waals surface area contributed by atoms with Crippen molar-refractivity contribution in [1.82, 2.24) is 20.2 Å². The summed E-state index contributed by atoms with van der Waals surface area (Å²) >= 11 is 6.04. The van der Waals surface area contributed by atoms with Gasteiger partial charge in [0.25, 0.3) is 0 Å². The molecule has 2 saturated carbocycles. The Morgan fingerprint density at radius 1 is 1.06 bits per heavy atom. The molecule has 2 fully saturated rings. The third-order valence-electron chi connectivity index (χ3n) is 6.81. The predicted molar refractivity (Wildman–Crippen MR) is 129 cm³/mol. The number of hydrogen-bond donors (Lipinski definition) is 2. The second kappa shape index (κ2) is 9.14. The van der Waals surface area contributed by atoms with Gasteiger partial charge in [-0.1, -0.05) is 23.7 Å². The quantitative estimate of drug-likeness (QED) is 0.666. The number of aromatic nitrogens is 2. The van der Waals surface area contributed by atoms with Gasteiger partial charge in [0.1, 0.15) is 5.82 Å². The molecule has 2 N–H and O–H groups in total. The Balaban J connectivity index is 1.29. The van der Waals surface area contributed by atoms with E-state index in [1.165, 1.54) is 0 Å². The van der Waals surface area contributed by atoms with E-state index in [1.54, 1.807) is 0 Å². The monoisotopic (exact) mass is 456 g/mol. The van der Waals surface area contributed by atoms with Crippen molar-refractivity contribution in [3.63, 3.8) is 0 Å². The first-order valence-corrected chi connectivity index (χ1v) is 11.7. The molecule has 0 bridgehead atoms. The van der Waals surface area contributed by atoms with Crippen molar-refractivity contribution in [3.8, 4) is 0 Å². The van der Waals surface area contributed by atoms with E-state index >= 15 is 0 Å². The van der Waals surface area contributed by atoms with Gasteiger partial charge >= 0.3 is 6.03 Å². The summed E-state index contributed by atoms with van der Waals surface area (Å²) in [6.07, 6.45) is 7.67. The second-order valence-electron chi connectivity index (χ2n) is 9.33. The van der Waals surface area contributed by atoms with E-state index in [4.69, 9.17) is 11.6 Å². The van der Waals surface area contributed by atoms with Crippen LogP contribution >= 0.6 is 11.6 Å². The number of halogens is 1. The molecule has 0 radical (unpaired) electrons. The van der Waals surface area contributed by atoms with Gasteiger partial charge in [-0.3, -0.25) is 0 Å². The molecule has 0 saturated heterocycles. The zero-order chi connectivity index (χ0) is 22.9. The number of urea groups is 1. The molecule has 2 aromatic rings. The molecule has 0 spiro atoms. The van der Waals surface area contributed by atoms with Gasteiger partial charge in [0.15, 0.2) is 0 Å². The Morgan fingerprint density at radius 3 is 2.28 bits per heavy atom. The number of aryl methyl sites for hydroxylation is 1. The molecule has 1 heterocycles. The van der Waals surface area contributed by atoms with E-state index < -0.39 is 0 Å². The van der Waals surface area contributed by atoms with Crippen LogP contribution in [0.25, 0.3) is 0 Å². The zero-order valence-corrected chi connectivity index (χ0v) is 20.1. The van der Waals surface area contributed by atoms with Crippen LogP contribution in [0.4, 0.5) is 16.6 Å². The standard InChI is InChI=1S/C24H33ClN6O/c1-16-15-26-22(29-21(16)30(2)3)27-19-9-11-20(12-10-19)28-23(32)31(4)24(13-14-24)17-5-7-18(25)8-6-17/h5-8,15,19-20H,9-14H2,1-4H3,(H,28,32)(H,26,27,29). The van der Waals surface area contributed by atoms with Crippen molar-refractivity contribution in [2.45, 2.75) is 63.1 Å². The van der Waals surface area contributed by atoms with Crippen molar-refractivity contribution in [2.75, 3.05) is 31.4 Å². The molecular weight excluding hydrogens is 424 g/mol. The van der Waals surface area contributed by atoms with Gasteiger partial charge in [0.05, 0.1) is 5.54 Å². The highest BCUT2D eigenvalue weighted by Gasteiger charge is 2.50. The normalized spacial score (nSPS) is 21.5. The number of rotatable bonds is 6. The highest BCUT2D eigenvalue weighted by molar-refractivity contribution is 6.30. The van der Waals surface area contributed by atoms with Crippen molar-refractivity contribution < 1.29 is 4.79 Å². The highest BCUT2D eigenvalue weighted by Crippen LogP contribution is 2.50. The molecule has 2 amide bonds. The number of carbonyl (C=O) groups is 1. The van der Waals surface area contributed by atoms with Gasteiger partial charge in [-0.2, -0.15) is 4.98 Å². The second-order valence-corrected chi connectivity index (χ2v) is 9.77. The molecule has 1 aromatic carbocycles. The lowest BCUT2D eigenvalue weighted by Gasteiger charge is -2.34.